The van der Waals surface area contributed by atoms with E-state index in [0.717, 1.165) is 6.54 Å². The molecule has 0 radical (unpaired) electrons. The quantitative estimate of drug-likeness (QED) is 0.847. The Bertz CT molecular complexity index is 477. The van der Waals surface area contributed by atoms with Gasteiger partial charge in [-0.2, -0.15) is 11.3 Å². The van der Waals surface area contributed by atoms with Gasteiger partial charge in [0.25, 0.3) is 0 Å². The second-order valence-corrected chi connectivity index (χ2v) is 7.39. The van der Waals surface area contributed by atoms with Crippen molar-refractivity contribution in [2.75, 3.05) is 6.54 Å². The molecule has 0 fully saturated rings. The van der Waals surface area contributed by atoms with E-state index in [-0.39, 0.29) is 5.41 Å². The second-order valence-electron chi connectivity index (χ2n) is 5.50. The molecule has 1 N–H and O–H groups in total. The van der Waals surface area contributed by atoms with Crippen molar-refractivity contribution in [2.24, 2.45) is 0 Å². The Labute approximate surface area is 118 Å². The van der Waals surface area contributed by atoms with Crippen LogP contribution in [-0.4, -0.2) is 6.54 Å². The number of thiophene rings is 2. The Morgan fingerprint density at radius 1 is 1.22 bits per heavy atom. The van der Waals surface area contributed by atoms with E-state index < -0.39 is 0 Å². The number of nitrogens with one attached hydrogen (secondary N) is 1. The van der Waals surface area contributed by atoms with Gasteiger partial charge in [-0.25, -0.2) is 0 Å². The van der Waals surface area contributed by atoms with Crippen LogP contribution in [0.5, 0.6) is 0 Å². The number of hydrogen-bond acceptors (Lipinski definition) is 3. The zero-order valence-electron chi connectivity index (χ0n) is 11.5. The first kappa shape index (κ1) is 13.8. The molecule has 0 saturated heterocycles. The van der Waals surface area contributed by atoms with Crippen molar-refractivity contribution in [1.29, 1.82) is 0 Å². The third-order valence-electron chi connectivity index (χ3n) is 2.94. The lowest BCUT2D eigenvalue weighted by Gasteiger charge is -2.17. The SMILES string of the molecule is CCNC(c1ccsc1)c1ccc(C(C)(C)C)s1. The zero-order valence-corrected chi connectivity index (χ0v) is 13.1. The van der Waals surface area contributed by atoms with Gasteiger partial charge >= 0.3 is 0 Å². The van der Waals surface area contributed by atoms with Gasteiger partial charge in [-0.1, -0.05) is 27.7 Å². The molecular weight excluding hydrogens is 258 g/mol. The summed E-state index contributed by atoms with van der Waals surface area (Å²) in [6.07, 6.45) is 0. The first-order valence-electron chi connectivity index (χ1n) is 6.38. The number of hydrogen-bond donors (Lipinski definition) is 1. The fraction of sp³-hybridized carbons (Fsp3) is 0.467. The van der Waals surface area contributed by atoms with Crippen molar-refractivity contribution < 1.29 is 0 Å². The van der Waals surface area contributed by atoms with E-state index in [4.69, 9.17) is 0 Å². The van der Waals surface area contributed by atoms with Gasteiger partial charge in [0.1, 0.15) is 0 Å². The average molecular weight is 279 g/mol. The molecular formula is C15H21NS2. The molecule has 0 aliphatic rings. The Kier molecular flexibility index (Phi) is 4.25. The van der Waals surface area contributed by atoms with E-state index in [1.54, 1.807) is 11.3 Å². The summed E-state index contributed by atoms with van der Waals surface area (Å²) in [4.78, 5) is 2.87. The molecule has 3 heteroatoms. The molecule has 2 rings (SSSR count). The van der Waals surface area contributed by atoms with E-state index >= 15 is 0 Å². The van der Waals surface area contributed by atoms with E-state index in [0.29, 0.717) is 6.04 Å². The summed E-state index contributed by atoms with van der Waals surface area (Å²) in [6, 6.07) is 7.11. The summed E-state index contributed by atoms with van der Waals surface area (Å²) in [7, 11) is 0. The Morgan fingerprint density at radius 3 is 2.50 bits per heavy atom. The summed E-state index contributed by atoms with van der Waals surface area (Å²) in [5, 5.41) is 7.97. The molecule has 18 heavy (non-hydrogen) atoms. The van der Waals surface area contributed by atoms with Crippen molar-refractivity contribution >= 4 is 22.7 Å². The van der Waals surface area contributed by atoms with Gasteiger partial charge in [0, 0.05) is 9.75 Å². The highest BCUT2D eigenvalue weighted by Gasteiger charge is 2.20. The van der Waals surface area contributed by atoms with Crippen LogP contribution < -0.4 is 5.32 Å². The van der Waals surface area contributed by atoms with E-state index in [1.807, 2.05) is 11.3 Å². The standard InChI is InChI=1S/C15H21NS2/c1-5-16-14(11-8-9-17-10-11)12-6-7-13(18-12)15(2,3)4/h6-10,14,16H,5H2,1-4H3. The van der Waals surface area contributed by atoms with Crippen LogP contribution in [0.4, 0.5) is 0 Å². The summed E-state index contributed by atoms with van der Waals surface area (Å²) < 4.78 is 0. The molecule has 98 valence electrons. The molecule has 1 unspecified atom stereocenters. The molecule has 0 bridgehead atoms. The van der Waals surface area contributed by atoms with Crippen LogP contribution in [0, 0.1) is 0 Å². The zero-order chi connectivity index (χ0) is 13.2. The minimum atomic E-state index is 0.244. The molecule has 1 nitrogen and oxygen atoms in total. The van der Waals surface area contributed by atoms with Gasteiger partial charge in [-0.15, -0.1) is 11.3 Å². The summed E-state index contributed by atoms with van der Waals surface area (Å²) in [5.41, 5.74) is 1.62. The minimum Gasteiger partial charge on any atom is -0.306 e. The maximum atomic E-state index is 3.58. The topological polar surface area (TPSA) is 12.0 Å². The van der Waals surface area contributed by atoms with Crippen molar-refractivity contribution in [3.8, 4) is 0 Å². The van der Waals surface area contributed by atoms with Crippen molar-refractivity contribution in [3.63, 3.8) is 0 Å². The van der Waals surface area contributed by atoms with Gasteiger partial charge in [-0.05, 0) is 46.5 Å². The summed E-state index contributed by atoms with van der Waals surface area (Å²) in [6.45, 7) is 9.97. The smallest absolute Gasteiger partial charge is 0.0679 e. The number of rotatable bonds is 4. The molecule has 0 aliphatic heterocycles. The maximum absolute atomic E-state index is 3.58. The van der Waals surface area contributed by atoms with Gasteiger partial charge in [0.2, 0.25) is 0 Å². The van der Waals surface area contributed by atoms with Crippen LogP contribution >= 0.6 is 22.7 Å². The predicted octanol–water partition coefficient (Wildman–Crippen LogP) is 4.81. The molecule has 0 aromatic carbocycles. The van der Waals surface area contributed by atoms with Crippen LogP contribution in [-0.2, 0) is 5.41 Å². The molecule has 2 aromatic heterocycles. The maximum Gasteiger partial charge on any atom is 0.0679 e. The first-order valence-corrected chi connectivity index (χ1v) is 8.14. The van der Waals surface area contributed by atoms with Gasteiger partial charge < -0.3 is 5.32 Å². The van der Waals surface area contributed by atoms with Crippen LogP contribution in [0.2, 0.25) is 0 Å². The molecule has 1 atom stereocenters. The highest BCUT2D eigenvalue weighted by molar-refractivity contribution is 7.12. The van der Waals surface area contributed by atoms with Gasteiger partial charge in [0.15, 0.2) is 0 Å². The van der Waals surface area contributed by atoms with Crippen molar-refractivity contribution in [1.82, 2.24) is 5.32 Å². The monoisotopic (exact) mass is 279 g/mol. The molecule has 0 spiro atoms. The Hall–Kier alpha value is -0.640. The van der Waals surface area contributed by atoms with Gasteiger partial charge in [0.05, 0.1) is 6.04 Å². The summed E-state index contributed by atoms with van der Waals surface area (Å²) in [5.74, 6) is 0. The van der Waals surface area contributed by atoms with Crippen LogP contribution in [0.3, 0.4) is 0 Å². The molecule has 2 aromatic rings. The highest BCUT2D eigenvalue weighted by atomic mass is 32.1. The lowest BCUT2D eigenvalue weighted by Crippen LogP contribution is -2.20. The van der Waals surface area contributed by atoms with Crippen LogP contribution in [0.1, 0.15) is 49.1 Å². The molecule has 0 amide bonds. The van der Waals surface area contributed by atoms with E-state index in [1.165, 1.54) is 15.3 Å². The summed E-state index contributed by atoms with van der Waals surface area (Å²) >= 11 is 3.69. The van der Waals surface area contributed by atoms with Crippen molar-refractivity contribution in [2.45, 2.75) is 39.2 Å². The lowest BCUT2D eigenvalue weighted by molar-refractivity contribution is 0.604. The first-order chi connectivity index (χ1) is 8.52. The fourth-order valence-electron chi connectivity index (χ4n) is 1.94. The molecule has 2 heterocycles. The third kappa shape index (κ3) is 3.02. The van der Waals surface area contributed by atoms with Crippen LogP contribution in [0.15, 0.2) is 29.0 Å². The lowest BCUT2D eigenvalue weighted by atomic mass is 9.95. The molecule has 0 saturated carbocycles. The fourth-order valence-corrected chi connectivity index (χ4v) is 3.79. The van der Waals surface area contributed by atoms with Crippen molar-refractivity contribution in [3.05, 3.63) is 44.3 Å². The molecule has 0 aliphatic carbocycles. The van der Waals surface area contributed by atoms with Crippen LogP contribution in [0.25, 0.3) is 0 Å². The highest BCUT2D eigenvalue weighted by Crippen LogP contribution is 2.35. The minimum absolute atomic E-state index is 0.244. The Balaban J connectivity index is 2.29. The second kappa shape index (κ2) is 5.55. The normalized spacial score (nSPS) is 13.8. The van der Waals surface area contributed by atoms with Gasteiger partial charge in [-0.3, -0.25) is 0 Å². The average Bonchev–Trinajstić information content (AvgIpc) is 2.96. The predicted molar refractivity (Wildman–Crippen MR) is 82.9 cm³/mol. The van der Waals surface area contributed by atoms with E-state index in [2.05, 4.69) is 62.0 Å². The largest absolute Gasteiger partial charge is 0.306 e. The Morgan fingerprint density at radius 2 is 2.00 bits per heavy atom. The van der Waals surface area contributed by atoms with E-state index in [9.17, 15) is 0 Å². The third-order valence-corrected chi connectivity index (χ3v) is 5.21.